The van der Waals surface area contributed by atoms with Crippen molar-refractivity contribution >= 4 is 22.8 Å². The number of likely N-dealkylation sites (N-methyl/N-ethyl adjacent to an activating group) is 1. The summed E-state index contributed by atoms with van der Waals surface area (Å²) in [7, 11) is 1.38. The molecule has 0 amide bonds. The summed E-state index contributed by atoms with van der Waals surface area (Å²) in [6.45, 7) is 2.82. The van der Waals surface area contributed by atoms with Gasteiger partial charge in [0.05, 0.1) is 18.8 Å². The molecular formula is C12H14N2O3. The molecule has 0 saturated heterocycles. The van der Waals surface area contributed by atoms with Crippen LogP contribution in [0.15, 0.2) is 29.0 Å². The fourth-order valence-corrected chi connectivity index (χ4v) is 1.69. The minimum Gasteiger partial charge on any atom is -0.468 e. The quantitative estimate of drug-likeness (QED) is 0.755. The monoisotopic (exact) mass is 234 g/mol. The Morgan fingerprint density at radius 3 is 3.06 bits per heavy atom. The molecule has 0 saturated carbocycles. The Bertz CT molecular complexity index is 521. The molecule has 2 aromatic rings. The van der Waals surface area contributed by atoms with Gasteiger partial charge in [0.15, 0.2) is 0 Å². The van der Waals surface area contributed by atoms with E-state index in [4.69, 9.17) is 4.42 Å². The van der Waals surface area contributed by atoms with Crippen molar-refractivity contribution in [3.05, 3.63) is 24.6 Å². The molecule has 0 radical (unpaired) electrons. The third-order valence-electron chi connectivity index (χ3n) is 2.59. The Hall–Kier alpha value is -2.04. The van der Waals surface area contributed by atoms with Crippen LogP contribution in [0.4, 0.5) is 5.82 Å². The van der Waals surface area contributed by atoms with Gasteiger partial charge in [-0.3, -0.25) is 4.79 Å². The van der Waals surface area contributed by atoms with E-state index >= 15 is 0 Å². The molecule has 5 heteroatoms. The molecule has 2 aromatic heterocycles. The van der Waals surface area contributed by atoms with E-state index in [9.17, 15) is 4.79 Å². The van der Waals surface area contributed by atoms with Gasteiger partial charge in [0, 0.05) is 12.7 Å². The van der Waals surface area contributed by atoms with Crippen molar-refractivity contribution in [1.82, 2.24) is 4.98 Å². The number of anilines is 1. The Morgan fingerprint density at radius 1 is 1.53 bits per heavy atom. The first-order valence-electron chi connectivity index (χ1n) is 5.40. The standard InChI is InChI=1S/C12H14N2O3/c1-3-14(8-11(15)16-2)12-9-5-7-17-10(9)4-6-13-12/h4-7H,3,8H2,1-2H3. The number of rotatable bonds is 4. The van der Waals surface area contributed by atoms with Gasteiger partial charge in [-0.1, -0.05) is 0 Å². The lowest BCUT2D eigenvalue weighted by molar-refractivity contribution is -0.138. The highest BCUT2D eigenvalue weighted by atomic mass is 16.5. The van der Waals surface area contributed by atoms with Crippen molar-refractivity contribution in [2.24, 2.45) is 0 Å². The molecule has 0 unspecified atom stereocenters. The number of pyridine rings is 1. The van der Waals surface area contributed by atoms with Crippen LogP contribution in [0.2, 0.25) is 0 Å². The van der Waals surface area contributed by atoms with Gasteiger partial charge in [-0.25, -0.2) is 4.98 Å². The molecule has 0 aliphatic carbocycles. The van der Waals surface area contributed by atoms with E-state index in [1.807, 2.05) is 17.9 Å². The first-order valence-corrected chi connectivity index (χ1v) is 5.40. The van der Waals surface area contributed by atoms with Crippen molar-refractivity contribution in [2.45, 2.75) is 6.92 Å². The fourth-order valence-electron chi connectivity index (χ4n) is 1.69. The van der Waals surface area contributed by atoms with Gasteiger partial charge in [-0.15, -0.1) is 0 Å². The maximum Gasteiger partial charge on any atom is 0.325 e. The number of esters is 1. The summed E-state index contributed by atoms with van der Waals surface area (Å²) in [5.41, 5.74) is 0.762. The van der Waals surface area contributed by atoms with Gasteiger partial charge in [0.2, 0.25) is 0 Å². The predicted molar refractivity (Wildman–Crippen MR) is 63.9 cm³/mol. The molecule has 2 rings (SSSR count). The lowest BCUT2D eigenvalue weighted by atomic mass is 10.3. The second-order valence-electron chi connectivity index (χ2n) is 3.56. The minimum absolute atomic E-state index is 0.185. The van der Waals surface area contributed by atoms with Crippen molar-refractivity contribution in [2.75, 3.05) is 25.1 Å². The second kappa shape index (κ2) is 4.86. The Kier molecular flexibility index (Phi) is 3.27. The number of fused-ring (bicyclic) bond motifs is 1. The molecule has 0 fully saturated rings. The molecule has 0 aliphatic heterocycles. The summed E-state index contributed by atoms with van der Waals surface area (Å²) in [5.74, 6) is 0.457. The number of carbonyl (C=O) groups excluding carboxylic acids is 1. The van der Waals surface area contributed by atoms with Crippen LogP contribution in [0.5, 0.6) is 0 Å². The van der Waals surface area contributed by atoms with E-state index in [1.165, 1.54) is 7.11 Å². The number of carbonyl (C=O) groups is 1. The number of methoxy groups -OCH3 is 1. The zero-order valence-electron chi connectivity index (χ0n) is 9.84. The van der Waals surface area contributed by atoms with Gasteiger partial charge in [-0.05, 0) is 19.1 Å². The zero-order valence-corrected chi connectivity index (χ0v) is 9.84. The molecular weight excluding hydrogens is 220 g/mol. The van der Waals surface area contributed by atoms with Crippen LogP contribution < -0.4 is 4.90 Å². The van der Waals surface area contributed by atoms with Crippen LogP contribution in [-0.4, -0.2) is 31.2 Å². The highest BCUT2D eigenvalue weighted by Gasteiger charge is 2.14. The molecule has 0 aliphatic rings. The van der Waals surface area contributed by atoms with Gasteiger partial charge in [-0.2, -0.15) is 0 Å². The van der Waals surface area contributed by atoms with Crippen molar-refractivity contribution in [3.8, 4) is 0 Å². The van der Waals surface area contributed by atoms with Gasteiger partial charge in [0.25, 0.3) is 0 Å². The first-order chi connectivity index (χ1) is 8.26. The topological polar surface area (TPSA) is 55.6 Å². The smallest absolute Gasteiger partial charge is 0.325 e. The van der Waals surface area contributed by atoms with Crippen LogP contribution in [0.1, 0.15) is 6.92 Å². The highest BCUT2D eigenvalue weighted by molar-refractivity contribution is 5.90. The third kappa shape index (κ3) is 2.22. The summed E-state index contributed by atoms with van der Waals surface area (Å²) < 4.78 is 9.97. The van der Waals surface area contributed by atoms with Crippen LogP contribution >= 0.6 is 0 Å². The molecule has 0 N–H and O–H groups in total. The predicted octanol–water partition coefficient (Wildman–Crippen LogP) is 1.83. The summed E-state index contributed by atoms with van der Waals surface area (Å²) in [4.78, 5) is 17.5. The van der Waals surface area contributed by atoms with E-state index in [1.54, 1.807) is 18.5 Å². The Morgan fingerprint density at radius 2 is 2.35 bits per heavy atom. The molecule has 17 heavy (non-hydrogen) atoms. The Balaban J connectivity index is 2.35. The lowest BCUT2D eigenvalue weighted by Crippen LogP contribution is -2.31. The number of furan rings is 1. The Labute approximate surface area is 99.0 Å². The van der Waals surface area contributed by atoms with Gasteiger partial charge in [0.1, 0.15) is 17.9 Å². The molecule has 0 spiro atoms. The van der Waals surface area contributed by atoms with E-state index in [0.29, 0.717) is 6.54 Å². The molecule has 90 valence electrons. The highest BCUT2D eigenvalue weighted by Crippen LogP contribution is 2.24. The van der Waals surface area contributed by atoms with Crippen molar-refractivity contribution < 1.29 is 13.9 Å². The minimum atomic E-state index is -0.283. The largest absolute Gasteiger partial charge is 0.468 e. The zero-order chi connectivity index (χ0) is 12.3. The van der Waals surface area contributed by atoms with E-state index < -0.39 is 0 Å². The number of hydrogen-bond donors (Lipinski definition) is 0. The van der Waals surface area contributed by atoms with Crippen molar-refractivity contribution in [3.63, 3.8) is 0 Å². The second-order valence-corrected chi connectivity index (χ2v) is 3.56. The summed E-state index contributed by atoms with van der Waals surface area (Å²) in [6, 6.07) is 3.64. The van der Waals surface area contributed by atoms with Crippen molar-refractivity contribution in [1.29, 1.82) is 0 Å². The number of hydrogen-bond acceptors (Lipinski definition) is 5. The summed E-state index contributed by atoms with van der Waals surface area (Å²) in [6.07, 6.45) is 3.28. The lowest BCUT2D eigenvalue weighted by Gasteiger charge is -2.20. The third-order valence-corrected chi connectivity index (χ3v) is 2.59. The first kappa shape index (κ1) is 11.4. The molecule has 0 bridgehead atoms. The van der Waals surface area contributed by atoms with E-state index in [0.717, 1.165) is 16.8 Å². The number of aromatic nitrogens is 1. The van der Waals surface area contributed by atoms with E-state index in [2.05, 4.69) is 9.72 Å². The average Bonchev–Trinajstić information content (AvgIpc) is 2.83. The van der Waals surface area contributed by atoms with Crippen LogP contribution in [-0.2, 0) is 9.53 Å². The molecule has 0 atom stereocenters. The van der Waals surface area contributed by atoms with Gasteiger partial charge < -0.3 is 14.1 Å². The van der Waals surface area contributed by atoms with E-state index in [-0.39, 0.29) is 12.5 Å². The SMILES string of the molecule is CCN(CC(=O)OC)c1nccc2occc12. The maximum atomic E-state index is 11.3. The molecule has 5 nitrogen and oxygen atoms in total. The molecule has 0 aromatic carbocycles. The number of nitrogens with zero attached hydrogens (tertiary/aromatic N) is 2. The molecule has 2 heterocycles. The summed E-state index contributed by atoms with van der Waals surface area (Å²) in [5, 5.41) is 0.901. The van der Waals surface area contributed by atoms with Crippen LogP contribution in [0, 0.1) is 0 Å². The number of ether oxygens (including phenoxy) is 1. The van der Waals surface area contributed by atoms with Crippen LogP contribution in [0.3, 0.4) is 0 Å². The normalized spacial score (nSPS) is 10.5. The fraction of sp³-hybridized carbons (Fsp3) is 0.333. The maximum absolute atomic E-state index is 11.3. The van der Waals surface area contributed by atoms with Gasteiger partial charge >= 0.3 is 5.97 Å². The summed E-state index contributed by atoms with van der Waals surface area (Å²) >= 11 is 0. The average molecular weight is 234 g/mol. The van der Waals surface area contributed by atoms with Crippen LogP contribution in [0.25, 0.3) is 11.0 Å².